The van der Waals surface area contributed by atoms with Crippen LogP contribution in [-0.4, -0.2) is 35.3 Å². The highest BCUT2D eigenvalue weighted by Gasteiger charge is 2.62. The molecular formula is C23H29N3O3. The summed E-state index contributed by atoms with van der Waals surface area (Å²) in [6.45, 7) is 6.65. The van der Waals surface area contributed by atoms with E-state index in [2.05, 4.69) is 31.4 Å². The van der Waals surface area contributed by atoms with Gasteiger partial charge in [0.05, 0.1) is 0 Å². The largest absolute Gasteiger partial charge is 0.351 e. The van der Waals surface area contributed by atoms with E-state index >= 15 is 0 Å². The van der Waals surface area contributed by atoms with E-state index in [1.165, 1.54) is 6.42 Å². The molecule has 6 heteroatoms. The van der Waals surface area contributed by atoms with Gasteiger partial charge < -0.3 is 10.6 Å². The van der Waals surface area contributed by atoms with Gasteiger partial charge in [-0.15, -0.1) is 0 Å². The molecule has 4 amide bonds. The highest BCUT2D eigenvalue weighted by Crippen LogP contribution is 2.65. The fourth-order valence-corrected chi connectivity index (χ4v) is 6.54. The summed E-state index contributed by atoms with van der Waals surface area (Å²) in [7, 11) is 0. The average Bonchev–Trinajstić information content (AvgIpc) is 3.29. The molecule has 4 atom stereocenters. The van der Waals surface area contributed by atoms with E-state index in [1.807, 2.05) is 24.3 Å². The van der Waals surface area contributed by atoms with Crippen molar-refractivity contribution in [3.05, 3.63) is 35.4 Å². The van der Waals surface area contributed by atoms with Gasteiger partial charge in [-0.2, -0.15) is 0 Å². The van der Waals surface area contributed by atoms with Crippen molar-refractivity contribution in [2.24, 2.45) is 16.7 Å². The Kier molecular flexibility index (Phi) is 3.75. The SMILES string of the molecule is CC1(C)C2CCC1(C)C(NC(=O)CN1C(=O)NC3(CCc4ccccc43)C1=O)C2. The first-order chi connectivity index (χ1) is 13.7. The number of aryl methyl sites for hydroxylation is 1. The van der Waals surface area contributed by atoms with Gasteiger partial charge in [0.1, 0.15) is 12.1 Å². The molecular weight excluding hydrogens is 366 g/mol. The molecule has 1 aromatic rings. The van der Waals surface area contributed by atoms with E-state index in [-0.39, 0.29) is 35.2 Å². The maximum absolute atomic E-state index is 13.2. The fraction of sp³-hybridized carbons (Fsp3) is 0.609. The second-order valence-electron chi connectivity index (χ2n) is 10.1. The van der Waals surface area contributed by atoms with Crippen LogP contribution in [0.5, 0.6) is 0 Å². The van der Waals surface area contributed by atoms with Crippen LogP contribution in [0.2, 0.25) is 0 Å². The van der Waals surface area contributed by atoms with Crippen LogP contribution in [0.15, 0.2) is 24.3 Å². The van der Waals surface area contributed by atoms with Crippen molar-refractivity contribution in [1.29, 1.82) is 0 Å². The lowest BCUT2D eigenvalue weighted by Crippen LogP contribution is -2.50. The molecule has 1 aliphatic heterocycles. The topological polar surface area (TPSA) is 78.5 Å². The molecule has 4 unspecified atom stereocenters. The van der Waals surface area contributed by atoms with Gasteiger partial charge in [0, 0.05) is 6.04 Å². The summed E-state index contributed by atoms with van der Waals surface area (Å²) < 4.78 is 0. The predicted octanol–water partition coefficient (Wildman–Crippen LogP) is 2.71. The minimum Gasteiger partial charge on any atom is -0.351 e. The van der Waals surface area contributed by atoms with Crippen LogP contribution < -0.4 is 10.6 Å². The molecule has 1 heterocycles. The number of imide groups is 1. The quantitative estimate of drug-likeness (QED) is 0.773. The lowest BCUT2D eigenvalue weighted by molar-refractivity contribution is -0.135. The van der Waals surface area contributed by atoms with E-state index in [0.717, 1.165) is 35.3 Å². The van der Waals surface area contributed by atoms with Crippen LogP contribution >= 0.6 is 0 Å². The Morgan fingerprint density at radius 1 is 1.21 bits per heavy atom. The van der Waals surface area contributed by atoms with E-state index in [1.54, 1.807) is 0 Å². The van der Waals surface area contributed by atoms with E-state index in [0.29, 0.717) is 12.3 Å². The van der Waals surface area contributed by atoms with Gasteiger partial charge in [-0.05, 0) is 60.0 Å². The zero-order chi connectivity index (χ0) is 20.6. The third-order valence-electron chi connectivity index (χ3n) is 8.85. The molecule has 6 nitrogen and oxygen atoms in total. The summed E-state index contributed by atoms with van der Waals surface area (Å²) in [6.07, 6.45) is 4.60. The Balaban J connectivity index is 1.31. The zero-order valence-corrected chi connectivity index (χ0v) is 17.4. The maximum Gasteiger partial charge on any atom is 0.325 e. The molecule has 1 spiro atoms. The number of nitrogens with zero attached hydrogens (tertiary/aromatic N) is 1. The second kappa shape index (κ2) is 5.83. The Bertz CT molecular complexity index is 926. The number of nitrogens with one attached hydrogen (secondary N) is 2. The zero-order valence-electron chi connectivity index (χ0n) is 17.4. The van der Waals surface area contributed by atoms with Crippen molar-refractivity contribution in [2.45, 2.75) is 64.5 Å². The third-order valence-corrected chi connectivity index (χ3v) is 8.85. The molecule has 2 N–H and O–H groups in total. The number of urea groups is 1. The molecule has 2 saturated carbocycles. The van der Waals surface area contributed by atoms with Crippen molar-refractivity contribution < 1.29 is 14.4 Å². The number of benzene rings is 1. The standard InChI is InChI=1S/C23H29N3O3/c1-21(2)15-9-10-22(21,3)17(12-15)24-18(27)13-26-19(28)23(25-20(26)29)11-8-14-6-4-5-7-16(14)23/h4-7,15,17H,8-13H2,1-3H3,(H,24,27)(H,25,29). The Labute approximate surface area is 171 Å². The lowest BCUT2D eigenvalue weighted by atomic mass is 9.69. The molecule has 2 bridgehead atoms. The number of amides is 4. The highest BCUT2D eigenvalue weighted by molar-refractivity contribution is 6.09. The first-order valence-electron chi connectivity index (χ1n) is 10.7. The summed E-state index contributed by atoms with van der Waals surface area (Å²) in [5.41, 5.74) is 1.21. The normalized spacial score (nSPS) is 36.6. The van der Waals surface area contributed by atoms with Crippen LogP contribution in [0.4, 0.5) is 4.79 Å². The van der Waals surface area contributed by atoms with Crippen molar-refractivity contribution in [2.75, 3.05) is 6.54 Å². The van der Waals surface area contributed by atoms with Gasteiger partial charge >= 0.3 is 6.03 Å². The van der Waals surface area contributed by atoms with E-state index in [9.17, 15) is 14.4 Å². The molecule has 3 aliphatic carbocycles. The minimum absolute atomic E-state index is 0.0657. The van der Waals surface area contributed by atoms with Crippen molar-refractivity contribution in [1.82, 2.24) is 15.5 Å². The predicted molar refractivity (Wildman–Crippen MR) is 108 cm³/mol. The molecule has 3 fully saturated rings. The van der Waals surface area contributed by atoms with Gasteiger partial charge in [0.15, 0.2) is 0 Å². The van der Waals surface area contributed by atoms with Crippen LogP contribution in [0.3, 0.4) is 0 Å². The molecule has 5 rings (SSSR count). The number of carbonyl (C=O) groups is 3. The van der Waals surface area contributed by atoms with E-state index < -0.39 is 11.6 Å². The molecule has 4 aliphatic rings. The first kappa shape index (κ1) is 18.6. The molecule has 29 heavy (non-hydrogen) atoms. The molecule has 0 aromatic heterocycles. The summed E-state index contributed by atoms with van der Waals surface area (Å²) in [5.74, 6) is 0.0706. The molecule has 154 valence electrons. The Morgan fingerprint density at radius 3 is 2.66 bits per heavy atom. The van der Waals surface area contributed by atoms with E-state index in [4.69, 9.17) is 0 Å². The fourth-order valence-electron chi connectivity index (χ4n) is 6.54. The average molecular weight is 396 g/mol. The monoisotopic (exact) mass is 395 g/mol. The number of rotatable bonds is 3. The lowest BCUT2D eigenvalue weighted by Gasteiger charge is -2.39. The molecule has 1 aromatic carbocycles. The summed E-state index contributed by atoms with van der Waals surface area (Å²) in [4.78, 5) is 39.8. The number of carbonyl (C=O) groups excluding carboxylic acids is 3. The van der Waals surface area contributed by atoms with Gasteiger partial charge in [-0.25, -0.2) is 4.79 Å². The van der Waals surface area contributed by atoms with Crippen LogP contribution in [0, 0.1) is 16.7 Å². The van der Waals surface area contributed by atoms with Gasteiger partial charge in [0.2, 0.25) is 5.91 Å². The summed E-state index contributed by atoms with van der Waals surface area (Å²) in [6, 6.07) is 7.37. The number of hydrogen-bond donors (Lipinski definition) is 2. The van der Waals surface area contributed by atoms with Crippen LogP contribution in [0.1, 0.15) is 57.6 Å². The summed E-state index contributed by atoms with van der Waals surface area (Å²) >= 11 is 0. The number of hydrogen-bond acceptors (Lipinski definition) is 3. The number of fused-ring (bicyclic) bond motifs is 4. The Morgan fingerprint density at radius 2 is 1.97 bits per heavy atom. The highest BCUT2D eigenvalue weighted by atomic mass is 16.2. The first-order valence-corrected chi connectivity index (χ1v) is 10.7. The van der Waals surface area contributed by atoms with Crippen LogP contribution in [-0.2, 0) is 21.5 Å². The van der Waals surface area contributed by atoms with Gasteiger partial charge in [-0.3, -0.25) is 14.5 Å². The summed E-state index contributed by atoms with van der Waals surface area (Å²) in [5, 5.41) is 6.05. The molecule has 1 saturated heterocycles. The minimum atomic E-state index is -1.01. The second-order valence-corrected chi connectivity index (χ2v) is 10.1. The van der Waals surface area contributed by atoms with Crippen molar-refractivity contribution in [3.8, 4) is 0 Å². The Hall–Kier alpha value is -2.37. The van der Waals surface area contributed by atoms with Crippen LogP contribution in [0.25, 0.3) is 0 Å². The van der Waals surface area contributed by atoms with Gasteiger partial charge in [-0.1, -0.05) is 45.0 Å². The smallest absolute Gasteiger partial charge is 0.325 e. The van der Waals surface area contributed by atoms with Crippen molar-refractivity contribution >= 4 is 17.8 Å². The van der Waals surface area contributed by atoms with Crippen molar-refractivity contribution in [3.63, 3.8) is 0 Å². The van der Waals surface area contributed by atoms with Gasteiger partial charge in [0.25, 0.3) is 5.91 Å². The maximum atomic E-state index is 13.2. The molecule has 0 radical (unpaired) electrons. The third kappa shape index (κ3) is 2.31.